The largest absolute Gasteiger partial charge is 0.306 e. The number of hydrogen-bond acceptors (Lipinski definition) is 5. The molecule has 1 aromatic rings. The van der Waals surface area contributed by atoms with Crippen molar-refractivity contribution in [3.8, 4) is 0 Å². The van der Waals surface area contributed by atoms with Crippen molar-refractivity contribution in [2.75, 3.05) is 4.90 Å². The van der Waals surface area contributed by atoms with E-state index in [1.54, 1.807) is 0 Å². The minimum Gasteiger partial charge on any atom is -0.283 e. The maximum Gasteiger partial charge on any atom is 0.306 e. The number of carbonyl (C=O) groups is 3. The Kier molecular flexibility index (Phi) is 2.24. The Hall–Kier alpha value is -2.57. The Morgan fingerprint density at radius 3 is 2.53 bits per heavy atom. The molecule has 1 aromatic carbocycles. The van der Waals surface area contributed by atoms with Gasteiger partial charge in [0.15, 0.2) is 0 Å². The molecule has 0 fully saturated rings. The molecule has 1 aliphatic rings. The summed E-state index contributed by atoms with van der Waals surface area (Å²) in [5, 5.41) is 10.5. The second kappa shape index (κ2) is 3.48. The fraction of sp³-hybridized carbons (Fsp3) is 0.100. The highest BCUT2D eigenvalue weighted by molar-refractivity contribution is 6.56. The number of nitro groups is 1. The van der Waals surface area contributed by atoms with Crippen LogP contribution in [0.1, 0.15) is 17.3 Å². The van der Waals surface area contributed by atoms with E-state index in [9.17, 15) is 24.5 Å². The lowest BCUT2D eigenvalue weighted by molar-refractivity contribution is -0.384. The molecule has 1 heterocycles. The van der Waals surface area contributed by atoms with Crippen LogP contribution in [0.25, 0.3) is 0 Å². The lowest BCUT2D eigenvalue weighted by Gasteiger charge is -2.10. The number of carbonyl (C=O) groups excluding carboxylic acids is 3. The molecule has 7 heteroatoms. The number of non-ortho nitro benzene ring substituents is 1. The number of imide groups is 1. The first-order chi connectivity index (χ1) is 7.93. The second-order valence-corrected chi connectivity index (χ2v) is 3.45. The highest BCUT2D eigenvalue weighted by Crippen LogP contribution is 2.31. The van der Waals surface area contributed by atoms with Crippen molar-refractivity contribution in [3.05, 3.63) is 33.9 Å². The normalized spacial score (nSPS) is 13.8. The summed E-state index contributed by atoms with van der Waals surface area (Å²) in [6.07, 6.45) is 0. The van der Waals surface area contributed by atoms with E-state index < -0.39 is 22.5 Å². The van der Waals surface area contributed by atoms with Gasteiger partial charge in [-0.05, 0) is 6.07 Å². The fourth-order valence-electron chi connectivity index (χ4n) is 1.65. The minimum atomic E-state index is -0.979. The lowest BCUT2D eigenvalue weighted by atomic mass is 10.1. The van der Waals surface area contributed by atoms with E-state index >= 15 is 0 Å². The van der Waals surface area contributed by atoms with Crippen molar-refractivity contribution in [1.29, 1.82) is 0 Å². The summed E-state index contributed by atoms with van der Waals surface area (Å²) in [5.74, 6) is -2.48. The van der Waals surface area contributed by atoms with Gasteiger partial charge in [-0.25, -0.2) is 4.90 Å². The van der Waals surface area contributed by atoms with E-state index in [1.807, 2.05) is 0 Å². The van der Waals surface area contributed by atoms with Crippen LogP contribution in [-0.2, 0) is 9.59 Å². The summed E-state index contributed by atoms with van der Waals surface area (Å²) >= 11 is 0. The molecule has 0 bridgehead atoms. The Balaban J connectivity index is 2.63. The topological polar surface area (TPSA) is 97.6 Å². The first-order valence-corrected chi connectivity index (χ1v) is 4.61. The van der Waals surface area contributed by atoms with Crippen LogP contribution in [0, 0.1) is 10.1 Å². The lowest BCUT2D eigenvalue weighted by Crippen LogP contribution is -2.33. The highest BCUT2D eigenvalue weighted by atomic mass is 16.6. The average Bonchev–Trinajstić information content (AvgIpc) is 2.51. The van der Waals surface area contributed by atoms with Gasteiger partial charge in [-0.3, -0.25) is 24.5 Å². The van der Waals surface area contributed by atoms with Gasteiger partial charge < -0.3 is 0 Å². The number of Topliss-reactive ketones (excluding diaryl/α,β-unsaturated/α-hetero) is 1. The molecular weight excluding hydrogens is 228 g/mol. The molecular formula is C10H6N2O5. The molecule has 1 aliphatic heterocycles. The van der Waals surface area contributed by atoms with Gasteiger partial charge in [0.1, 0.15) is 0 Å². The zero-order valence-corrected chi connectivity index (χ0v) is 8.67. The molecule has 7 nitrogen and oxygen atoms in total. The Labute approximate surface area is 94.8 Å². The summed E-state index contributed by atoms with van der Waals surface area (Å²) in [4.78, 5) is 44.8. The van der Waals surface area contributed by atoms with Crippen molar-refractivity contribution < 1.29 is 19.3 Å². The number of nitro benzene ring substituents is 1. The smallest absolute Gasteiger partial charge is 0.283 e. The van der Waals surface area contributed by atoms with E-state index in [-0.39, 0.29) is 16.9 Å². The van der Waals surface area contributed by atoms with Crippen LogP contribution < -0.4 is 4.90 Å². The van der Waals surface area contributed by atoms with Gasteiger partial charge >= 0.3 is 5.91 Å². The van der Waals surface area contributed by atoms with Crippen LogP contribution in [-0.4, -0.2) is 22.5 Å². The van der Waals surface area contributed by atoms with Crippen LogP contribution in [0.3, 0.4) is 0 Å². The quantitative estimate of drug-likeness (QED) is 0.404. The molecule has 0 aromatic heterocycles. The molecule has 0 unspecified atom stereocenters. The van der Waals surface area contributed by atoms with E-state index in [4.69, 9.17) is 0 Å². The third kappa shape index (κ3) is 1.48. The second-order valence-electron chi connectivity index (χ2n) is 3.45. The van der Waals surface area contributed by atoms with E-state index in [0.717, 1.165) is 19.1 Å². The van der Waals surface area contributed by atoms with Gasteiger partial charge in [0.05, 0.1) is 16.2 Å². The highest BCUT2D eigenvalue weighted by Gasteiger charge is 2.39. The first kappa shape index (κ1) is 10.9. The van der Waals surface area contributed by atoms with Crippen LogP contribution in [0.5, 0.6) is 0 Å². The Morgan fingerprint density at radius 2 is 2.00 bits per heavy atom. The van der Waals surface area contributed by atoms with Crippen molar-refractivity contribution in [2.45, 2.75) is 6.92 Å². The van der Waals surface area contributed by atoms with Crippen molar-refractivity contribution >= 4 is 29.0 Å². The molecule has 0 spiro atoms. The molecule has 0 N–H and O–H groups in total. The number of hydrogen-bond donors (Lipinski definition) is 0. The summed E-state index contributed by atoms with van der Waals surface area (Å²) in [6.45, 7) is 1.14. The zero-order chi connectivity index (χ0) is 12.7. The van der Waals surface area contributed by atoms with E-state index in [2.05, 4.69) is 0 Å². The average molecular weight is 234 g/mol. The predicted octanol–water partition coefficient (Wildman–Crippen LogP) is 0.671. The maximum absolute atomic E-state index is 11.5. The third-order valence-corrected chi connectivity index (χ3v) is 2.39. The number of rotatable bonds is 1. The summed E-state index contributed by atoms with van der Waals surface area (Å²) in [7, 11) is 0. The van der Waals surface area contributed by atoms with Crippen molar-refractivity contribution in [2.24, 2.45) is 0 Å². The standard InChI is InChI=1S/C10H6N2O5/c1-5(13)11-8-3-2-6(12(16)17)4-7(8)9(14)10(11)15/h2-4H,1H3. The van der Waals surface area contributed by atoms with Crippen LogP contribution in [0.15, 0.2) is 18.2 Å². The SMILES string of the molecule is CC(=O)N1C(=O)C(=O)c2cc([N+](=O)[O-])ccc21. The summed E-state index contributed by atoms with van der Waals surface area (Å²) in [5.41, 5.74) is -0.312. The molecule has 0 saturated carbocycles. The molecule has 17 heavy (non-hydrogen) atoms. The molecule has 86 valence electrons. The first-order valence-electron chi connectivity index (χ1n) is 4.61. The van der Waals surface area contributed by atoms with Gasteiger partial charge in [-0.2, -0.15) is 0 Å². The fourth-order valence-corrected chi connectivity index (χ4v) is 1.65. The van der Waals surface area contributed by atoms with E-state index in [0.29, 0.717) is 4.90 Å². The van der Waals surface area contributed by atoms with Gasteiger partial charge in [0.25, 0.3) is 11.5 Å². The van der Waals surface area contributed by atoms with Crippen LogP contribution >= 0.6 is 0 Å². The summed E-state index contributed by atoms with van der Waals surface area (Å²) < 4.78 is 0. The minimum absolute atomic E-state index is 0.0955. The Bertz CT molecular complexity index is 578. The number of fused-ring (bicyclic) bond motifs is 1. The molecule has 0 radical (unpaired) electrons. The van der Waals surface area contributed by atoms with Crippen LogP contribution in [0.4, 0.5) is 11.4 Å². The zero-order valence-electron chi connectivity index (χ0n) is 8.67. The molecule has 0 saturated heterocycles. The molecule has 0 aliphatic carbocycles. The molecule has 2 amide bonds. The number of amides is 2. The predicted molar refractivity (Wildman–Crippen MR) is 55.6 cm³/mol. The van der Waals surface area contributed by atoms with E-state index in [1.165, 1.54) is 6.07 Å². The van der Waals surface area contributed by atoms with Crippen LogP contribution in [0.2, 0.25) is 0 Å². The van der Waals surface area contributed by atoms with Gasteiger partial charge in [0.2, 0.25) is 5.91 Å². The third-order valence-electron chi connectivity index (χ3n) is 2.39. The molecule has 2 rings (SSSR count). The number of ketones is 1. The number of nitrogens with zero attached hydrogens (tertiary/aromatic N) is 2. The molecule has 0 atom stereocenters. The number of benzene rings is 1. The van der Waals surface area contributed by atoms with Gasteiger partial charge in [-0.15, -0.1) is 0 Å². The number of anilines is 1. The maximum atomic E-state index is 11.5. The van der Waals surface area contributed by atoms with Gasteiger partial charge in [0, 0.05) is 19.1 Å². The van der Waals surface area contributed by atoms with Crippen molar-refractivity contribution in [3.63, 3.8) is 0 Å². The van der Waals surface area contributed by atoms with Gasteiger partial charge in [-0.1, -0.05) is 0 Å². The summed E-state index contributed by atoms with van der Waals surface area (Å²) in [6, 6.07) is 3.36. The monoisotopic (exact) mass is 234 g/mol. The van der Waals surface area contributed by atoms with Crippen molar-refractivity contribution in [1.82, 2.24) is 0 Å². The Morgan fingerprint density at radius 1 is 1.35 bits per heavy atom.